The number of nitrogens with zero attached hydrogens (tertiary/aromatic N) is 2. The first-order valence-corrected chi connectivity index (χ1v) is 6.09. The molecule has 3 rings (SSSR count). The SMILES string of the molecule is O=C1[C@@H]2CCCN2C(=S)N1c1cc(F)cc(F)c1. The number of hydrogen-bond acceptors (Lipinski definition) is 2. The fourth-order valence-corrected chi connectivity index (χ4v) is 2.94. The van der Waals surface area contributed by atoms with Crippen molar-refractivity contribution in [2.75, 3.05) is 11.4 Å². The Morgan fingerprint density at radius 3 is 2.50 bits per heavy atom. The van der Waals surface area contributed by atoms with Crippen LogP contribution in [-0.4, -0.2) is 28.5 Å². The van der Waals surface area contributed by atoms with Gasteiger partial charge in [-0.15, -0.1) is 0 Å². The van der Waals surface area contributed by atoms with Gasteiger partial charge in [-0.3, -0.25) is 9.69 Å². The van der Waals surface area contributed by atoms with E-state index in [1.54, 1.807) is 0 Å². The molecule has 0 spiro atoms. The third kappa shape index (κ3) is 1.59. The molecule has 2 fully saturated rings. The van der Waals surface area contributed by atoms with Crippen LogP contribution in [0.4, 0.5) is 14.5 Å². The number of rotatable bonds is 1. The zero-order chi connectivity index (χ0) is 12.9. The second-order valence-corrected chi connectivity index (χ2v) is 4.80. The van der Waals surface area contributed by atoms with Crippen molar-refractivity contribution >= 4 is 28.9 Å². The molecular weight excluding hydrogens is 258 g/mol. The Hall–Kier alpha value is -1.56. The monoisotopic (exact) mass is 268 g/mol. The van der Waals surface area contributed by atoms with E-state index < -0.39 is 11.6 Å². The van der Waals surface area contributed by atoms with Gasteiger partial charge in [0.25, 0.3) is 5.91 Å². The molecule has 1 atom stereocenters. The first kappa shape index (κ1) is 11.5. The fourth-order valence-electron chi connectivity index (χ4n) is 2.53. The van der Waals surface area contributed by atoms with Crippen LogP contribution in [0.3, 0.4) is 0 Å². The third-order valence-electron chi connectivity index (χ3n) is 3.30. The molecule has 1 aromatic rings. The molecule has 2 heterocycles. The van der Waals surface area contributed by atoms with Crippen molar-refractivity contribution in [1.82, 2.24) is 4.90 Å². The number of fused-ring (bicyclic) bond motifs is 1. The van der Waals surface area contributed by atoms with Gasteiger partial charge in [0.2, 0.25) is 0 Å². The summed E-state index contributed by atoms with van der Waals surface area (Å²) >= 11 is 5.21. The molecule has 0 radical (unpaired) electrons. The van der Waals surface area contributed by atoms with E-state index in [0.29, 0.717) is 5.11 Å². The van der Waals surface area contributed by atoms with Gasteiger partial charge >= 0.3 is 0 Å². The van der Waals surface area contributed by atoms with E-state index in [4.69, 9.17) is 12.2 Å². The number of benzene rings is 1. The molecule has 3 nitrogen and oxygen atoms in total. The first-order valence-electron chi connectivity index (χ1n) is 5.68. The number of anilines is 1. The van der Waals surface area contributed by atoms with Gasteiger partial charge in [0.05, 0.1) is 5.69 Å². The van der Waals surface area contributed by atoms with Crippen LogP contribution in [0.5, 0.6) is 0 Å². The third-order valence-corrected chi connectivity index (χ3v) is 3.72. The fraction of sp³-hybridized carbons (Fsp3) is 0.333. The van der Waals surface area contributed by atoms with Gasteiger partial charge < -0.3 is 4.90 Å². The number of hydrogen-bond donors (Lipinski definition) is 0. The van der Waals surface area contributed by atoms with Gasteiger partial charge in [0.1, 0.15) is 17.7 Å². The molecule has 0 unspecified atom stereocenters. The van der Waals surface area contributed by atoms with Crippen molar-refractivity contribution in [3.63, 3.8) is 0 Å². The predicted molar refractivity (Wildman–Crippen MR) is 66.2 cm³/mol. The average Bonchev–Trinajstić information content (AvgIpc) is 2.83. The molecule has 1 amide bonds. The Morgan fingerprint density at radius 2 is 1.89 bits per heavy atom. The lowest BCUT2D eigenvalue weighted by atomic mass is 10.2. The molecule has 1 aromatic carbocycles. The Morgan fingerprint density at radius 1 is 1.22 bits per heavy atom. The standard InChI is InChI=1S/C12H10F2N2OS/c13-7-4-8(14)6-9(5-7)16-11(17)10-2-1-3-15(10)12(16)18/h4-6,10H,1-3H2/t10-/m0/s1. The zero-order valence-corrected chi connectivity index (χ0v) is 10.2. The van der Waals surface area contributed by atoms with Crippen molar-refractivity contribution in [3.05, 3.63) is 29.8 Å². The molecule has 0 N–H and O–H groups in total. The van der Waals surface area contributed by atoms with E-state index in [1.807, 2.05) is 4.90 Å². The summed E-state index contributed by atoms with van der Waals surface area (Å²) in [5.41, 5.74) is 0.164. The van der Waals surface area contributed by atoms with Gasteiger partial charge in [-0.05, 0) is 37.2 Å². The van der Waals surface area contributed by atoms with E-state index >= 15 is 0 Å². The zero-order valence-electron chi connectivity index (χ0n) is 9.40. The highest BCUT2D eigenvalue weighted by molar-refractivity contribution is 7.80. The number of carbonyl (C=O) groups is 1. The lowest BCUT2D eigenvalue weighted by Crippen LogP contribution is -2.32. The Balaban J connectivity index is 2.02. The average molecular weight is 268 g/mol. The highest BCUT2D eigenvalue weighted by Crippen LogP contribution is 2.32. The number of amides is 1. The summed E-state index contributed by atoms with van der Waals surface area (Å²) in [7, 11) is 0. The molecule has 6 heteroatoms. The maximum absolute atomic E-state index is 13.2. The molecular formula is C12H10F2N2OS. The summed E-state index contributed by atoms with van der Waals surface area (Å²) in [6.45, 7) is 0.726. The summed E-state index contributed by atoms with van der Waals surface area (Å²) in [6.07, 6.45) is 1.66. The normalized spacial score (nSPS) is 22.9. The van der Waals surface area contributed by atoms with E-state index in [1.165, 1.54) is 4.90 Å². The number of thiocarbonyl (C=S) groups is 1. The summed E-state index contributed by atoms with van der Waals surface area (Å²) in [5.74, 6) is -1.62. The van der Waals surface area contributed by atoms with Gasteiger partial charge in [0, 0.05) is 12.6 Å². The van der Waals surface area contributed by atoms with Gasteiger partial charge in [-0.2, -0.15) is 0 Å². The van der Waals surface area contributed by atoms with E-state index in [0.717, 1.165) is 37.6 Å². The van der Waals surface area contributed by atoms with Crippen molar-refractivity contribution < 1.29 is 13.6 Å². The van der Waals surface area contributed by atoms with E-state index in [-0.39, 0.29) is 17.6 Å². The molecule has 0 aromatic heterocycles. The van der Waals surface area contributed by atoms with Gasteiger partial charge in [-0.25, -0.2) is 8.78 Å². The highest BCUT2D eigenvalue weighted by Gasteiger charge is 2.45. The van der Waals surface area contributed by atoms with Gasteiger partial charge in [-0.1, -0.05) is 0 Å². The molecule has 2 aliphatic rings. The first-order chi connectivity index (χ1) is 8.58. The van der Waals surface area contributed by atoms with Crippen LogP contribution in [0, 0.1) is 11.6 Å². The van der Waals surface area contributed by atoms with Crippen LogP contribution in [0.15, 0.2) is 18.2 Å². The van der Waals surface area contributed by atoms with E-state index in [9.17, 15) is 13.6 Å². The Labute approximate surface area is 108 Å². The summed E-state index contributed by atoms with van der Waals surface area (Å²) < 4.78 is 26.4. The number of carbonyl (C=O) groups excluding carboxylic acids is 1. The second kappa shape index (κ2) is 3.98. The lowest BCUT2D eigenvalue weighted by Gasteiger charge is -2.18. The Bertz CT molecular complexity index is 507. The minimum Gasteiger partial charge on any atom is -0.336 e. The van der Waals surface area contributed by atoms with Crippen molar-refractivity contribution in [2.45, 2.75) is 18.9 Å². The lowest BCUT2D eigenvalue weighted by molar-refractivity contribution is -0.119. The van der Waals surface area contributed by atoms with Crippen molar-refractivity contribution in [2.24, 2.45) is 0 Å². The molecule has 2 aliphatic heterocycles. The number of halogens is 2. The Kier molecular flexibility index (Phi) is 2.55. The second-order valence-electron chi connectivity index (χ2n) is 4.44. The molecule has 94 valence electrons. The molecule has 2 saturated heterocycles. The van der Waals surface area contributed by atoms with Crippen LogP contribution in [-0.2, 0) is 4.79 Å². The van der Waals surface area contributed by atoms with Crippen LogP contribution in [0.2, 0.25) is 0 Å². The minimum absolute atomic E-state index is 0.164. The predicted octanol–water partition coefficient (Wildman–Crippen LogP) is 2.06. The largest absolute Gasteiger partial charge is 0.336 e. The van der Waals surface area contributed by atoms with Crippen LogP contribution in [0.25, 0.3) is 0 Å². The molecule has 0 aliphatic carbocycles. The molecule has 0 bridgehead atoms. The maximum Gasteiger partial charge on any atom is 0.256 e. The molecule has 18 heavy (non-hydrogen) atoms. The topological polar surface area (TPSA) is 23.6 Å². The quantitative estimate of drug-likeness (QED) is 0.728. The van der Waals surface area contributed by atoms with Crippen LogP contribution < -0.4 is 4.90 Å². The molecule has 0 saturated carbocycles. The highest BCUT2D eigenvalue weighted by atomic mass is 32.1. The summed E-state index contributed by atoms with van der Waals surface area (Å²) in [6, 6.07) is 2.75. The van der Waals surface area contributed by atoms with E-state index in [2.05, 4.69) is 0 Å². The van der Waals surface area contributed by atoms with Crippen LogP contribution in [0.1, 0.15) is 12.8 Å². The van der Waals surface area contributed by atoms with Crippen molar-refractivity contribution in [3.8, 4) is 0 Å². The minimum atomic E-state index is -0.715. The maximum atomic E-state index is 13.2. The smallest absolute Gasteiger partial charge is 0.256 e. The van der Waals surface area contributed by atoms with Gasteiger partial charge in [0.15, 0.2) is 5.11 Å². The van der Waals surface area contributed by atoms with Crippen molar-refractivity contribution in [1.29, 1.82) is 0 Å². The van der Waals surface area contributed by atoms with Crippen LogP contribution >= 0.6 is 12.2 Å². The summed E-state index contributed by atoms with van der Waals surface area (Å²) in [4.78, 5) is 15.2. The summed E-state index contributed by atoms with van der Waals surface area (Å²) in [5, 5.41) is 0.340.